The summed E-state index contributed by atoms with van der Waals surface area (Å²) in [5.41, 5.74) is 5.64. The van der Waals surface area contributed by atoms with Gasteiger partial charge in [-0.15, -0.1) is 0 Å². The summed E-state index contributed by atoms with van der Waals surface area (Å²) in [6.07, 6.45) is 4.62. The first-order valence-electron chi connectivity index (χ1n) is 7.20. The van der Waals surface area contributed by atoms with Crippen LogP contribution in [0, 0.1) is 0 Å². The summed E-state index contributed by atoms with van der Waals surface area (Å²) in [6, 6.07) is 17.1. The van der Waals surface area contributed by atoms with Gasteiger partial charge in [-0.2, -0.15) is 0 Å². The molecule has 2 aromatic carbocycles. The highest BCUT2D eigenvalue weighted by atomic mass is 16.5. The molecule has 102 valence electrons. The van der Waals surface area contributed by atoms with Gasteiger partial charge in [0.05, 0.1) is 7.11 Å². The predicted octanol–water partition coefficient (Wildman–Crippen LogP) is 4.83. The molecule has 1 heteroatoms. The van der Waals surface area contributed by atoms with E-state index in [1.165, 1.54) is 22.3 Å². The number of hydrogen-bond acceptors (Lipinski definition) is 1. The van der Waals surface area contributed by atoms with Crippen LogP contribution in [0.15, 0.2) is 54.1 Å². The molecule has 0 saturated carbocycles. The molecule has 1 aliphatic rings. The molecule has 0 N–H and O–H groups in total. The largest absolute Gasteiger partial charge is 0.497 e. The predicted molar refractivity (Wildman–Crippen MR) is 84.1 cm³/mol. The maximum Gasteiger partial charge on any atom is 0.119 e. The Balaban J connectivity index is 1.93. The van der Waals surface area contributed by atoms with Crippen LogP contribution in [-0.4, -0.2) is 7.11 Å². The average molecular weight is 264 g/mol. The minimum absolute atomic E-state index is 0.482. The van der Waals surface area contributed by atoms with Gasteiger partial charge in [0.25, 0.3) is 0 Å². The van der Waals surface area contributed by atoms with E-state index in [4.69, 9.17) is 4.74 Å². The van der Waals surface area contributed by atoms with Crippen molar-refractivity contribution >= 4 is 6.08 Å². The normalized spacial score (nSPS) is 15.2. The molecular formula is C19H20O. The van der Waals surface area contributed by atoms with Crippen LogP contribution in [0.1, 0.15) is 36.0 Å². The number of rotatable bonds is 3. The number of ether oxygens (including phenoxy) is 1. The maximum atomic E-state index is 5.33. The molecule has 1 atom stereocenters. The molecule has 2 aromatic rings. The van der Waals surface area contributed by atoms with Crippen LogP contribution in [0.4, 0.5) is 0 Å². The fourth-order valence-electron chi connectivity index (χ4n) is 2.91. The number of aryl methyl sites for hydroxylation is 1. The van der Waals surface area contributed by atoms with Crippen molar-refractivity contribution in [2.45, 2.75) is 25.7 Å². The zero-order chi connectivity index (χ0) is 13.9. The maximum absolute atomic E-state index is 5.33. The molecule has 1 aliphatic carbocycles. The lowest BCUT2D eigenvalue weighted by Crippen LogP contribution is -2.05. The van der Waals surface area contributed by atoms with Crippen molar-refractivity contribution in [2.24, 2.45) is 0 Å². The SMILES string of the molecule is COc1ccc2c(c1)C=C([C@H](C)c1ccccc1)CC2. The highest BCUT2D eigenvalue weighted by Gasteiger charge is 2.16. The third-order valence-electron chi connectivity index (χ3n) is 4.23. The highest BCUT2D eigenvalue weighted by Crippen LogP contribution is 2.34. The van der Waals surface area contributed by atoms with Crippen LogP contribution in [-0.2, 0) is 6.42 Å². The topological polar surface area (TPSA) is 9.23 Å². The molecule has 0 saturated heterocycles. The van der Waals surface area contributed by atoms with E-state index in [0.717, 1.165) is 18.6 Å². The van der Waals surface area contributed by atoms with E-state index in [2.05, 4.69) is 61.5 Å². The van der Waals surface area contributed by atoms with Gasteiger partial charge in [-0.3, -0.25) is 0 Å². The molecule has 0 amide bonds. The number of methoxy groups -OCH3 is 1. The van der Waals surface area contributed by atoms with Gasteiger partial charge in [-0.1, -0.05) is 55.0 Å². The van der Waals surface area contributed by atoms with Crippen LogP contribution in [0.5, 0.6) is 5.75 Å². The van der Waals surface area contributed by atoms with Crippen LogP contribution in [0.3, 0.4) is 0 Å². The van der Waals surface area contributed by atoms with Gasteiger partial charge in [-0.05, 0) is 41.7 Å². The Morgan fingerprint density at radius 3 is 2.55 bits per heavy atom. The van der Waals surface area contributed by atoms with E-state index >= 15 is 0 Å². The first-order valence-corrected chi connectivity index (χ1v) is 7.20. The van der Waals surface area contributed by atoms with Crippen LogP contribution in [0.2, 0.25) is 0 Å². The number of hydrogen-bond donors (Lipinski definition) is 0. The number of allylic oxidation sites excluding steroid dienone is 1. The summed E-state index contributed by atoms with van der Waals surface area (Å²) in [5.74, 6) is 1.42. The fourth-order valence-corrected chi connectivity index (χ4v) is 2.91. The van der Waals surface area contributed by atoms with E-state index in [-0.39, 0.29) is 0 Å². The van der Waals surface area contributed by atoms with Crippen molar-refractivity contribution < 1.29 is 4.74 Å². The van der Waals surface area contributed by atoms with Crippen LogP contribution >= 0.6 is 0 Å². The molecule has 0 aliphatic heterocycles. The van der Waals surface area contributed by atoms with Gasteiger partial charge in [0, 0.05) is 5.92 Å². The molecule has 1 nitrogen and oxygen atoms in total. The summed E-state index contributed by atoms with van der Waals surface area (Å²) in [7, 11) is 1.72. The first-order chi connectivity index (χ1) is 9.78. The molecule has 0 fully saturated rings. The lowest BCUT2D eigenvalue weighted by atomic mass is 9.83. The van der Waals surface area contributed by atoms with Gasteiger partial charge < -0.3 is 4.74 Å². The van der Waals surface area contributed by atoms with Gasteiger partial charge in [0.1, 0.15) is 5.75 Å². The second-order valence-corrected chi connectivity index (χ2v) is 5.42. The first kappa shape index (κ1) is 13.0. The zero-order valence-electron chi connectivity index (χ0n) is 12.1. The summed E-state index contributed by atoms with van der Waals surface area (Å²) in [5, 5.41) is 0. The third kappa shape index (κ3) is 2.49. The van der Waals surface area contributed by atoms with Crippen molar-refractivity contribution in [3.05, 3.63) is 70.8 Å². The Hall–Kier alpha value is -2.02. The van der Waals surface area contributed by atoms with Gasteiger partial charge >= 0.3 is 0 Å². The van der Waals surface area contributed by atoms with Gasteiger partial charge in [-0.25, -0.2) is 0 Å². The summed E-state index contributed by atoms with van der Waals surface area (Å²) in [6.45, 7) is 2.30. The lowest BCUT2D eigenvalue weighted by molar-refractivity contribution is 0.414. The van der Waals surface area contributed by atoms with E-state index in [9.17, 15) is 0 Å². The van der Waals surface area contributed by atoms with Crippen molar-refractivity contribution in [3.8, 4) is 5.75 Å². The van der Waals surface area contributed by atoms with Crippen molar-refractivity contribution in [3.63, 3.8) is 0 Å². The van der Waals surface area contributed by atoms with Crippen LogP contribution in [0.25, 0.3) is 6.08 Å². The lowest BCUT2D eigenvalue weighted by Gasteiger charge is -2.22. The van der Waals surface area contributed by atoms with E-state index < -0.39 is 0 Å². The molecule has 3 rings (SSSR count). The van der Waals surface area contributed by atoms with Gasteiger partial charge in [0.15, 0.2) is 0 Å². The minimum atomic E-state index is 0.482. The van der Waals surface area contributed by atoms with Crippen molar-refractivity contribution in [1.82, 2.24) is 0 Å². The Bertz CT molecular complexity index is 625. The second-order valence-electron chi connectivity index (χ2n) is 5.42. The van der Waals surface area contributed by atoms with Gasteiger partial charge in [0.2, 0.25) is 0 Å². The fraction of sp³-hybridized carbons (Fsp3) is 0.263. The monoisotopic (exact) mass is 264 g/mol. The van der Waals surface area contributed by atoms with E-state index in [1.54, 1.807) is 7.11 Å². The van der Waals surface area contributed by atoms with E-state index in [0.29, 0.717) is 5.92 Å². The standard InChI is InChI=1S/C19H20O/c1-14(15-6-4-3-5-7-15)17-9-8-16-10-11-19(20-2)13-18(16)12-17/h3-7,10-14H,8-9H2,1-2H3/t14-/m1/s1. The minimum Gasteiger partial charge on any atom is -0.497 e. The summed E-state index contributed by atoms with van der Waals surface area (Å²) >= 11 is 0. The summed E-state index contributed by atoms with van der Waals surface area (Å²) < 4.78 is 5.33. The molecule has 0 heterocycles. The zero-order valence-corrected chi connectivity index (χ0v) is 12.1. The van der Waals surface area contributed by atoms with Crippen molar-refractivity contribution in [2.75, 3.05) is 7.11 Å². The average Bonchev–Trinajstić information content (AvgIpc) is 2.54. The Labute approximate surface area is 120 Å². The Morgan fingerprint density at radius 2 is 1.80 bits per heavy atom. The number of fused-ring (bicyclic) bond motifs is 1. The molecule has 0 bridgehead atoms. The molecule has 20 heavy (non-hydrogen) atoms. The smallest absolute Gasteiger partial charge is 0.119 e. The molecule has 0 spiro atoms. The molecule has 0 unspecified atom stereocenters. The second kappa shape index (κ2) is 5.54. The third-order valence-corrected chi connectivity index (χ3v) is 4.23. The number of benzene rings is 2. The molecule has 0 radical (unpaired) electrons. The molecular weight excluding hydrogens is 244 g/mol. The van der Waals surface area contributed by atoms with Crippen LogP contribution < -0.4 is 4.74 Å². The van der Waals surface area contributed by atoms with E-state index in [1.807, 2.05) is 0 Å². The van der Waals surface area contributed by atoms with Crippen molar-refractivity contribution in [1.29, 1.82) is 0 Å². The Kier molecular flexibility index (Phi) is 3.60. The molecule has 0 aromatic heterocycles. The Morgan fingerprint density at radius 1 is 1.00 bits per heavy atom. The summed E-state index contributed by atoms with van der Waals surface area (Å²) in [4.78, 5) is 0. The highest BCUT2D eigenvalue weighted by molar-refractivity contribution is 5.63. The quantitative estimate of drug-likeness (QED) is 0.771.